The van der Waals surface area contributed by atoms with Crippen molar-refractivity contribution >= 4 is 34.3 Å². The summed E-state index contributed by atoms with van der Waals surface area (Å²) in [7, 11) is 0. The van der Waals surface area contributed by atoms with Crippen LogP contribution in [-0.2, 0) is 11.3 Å². The third kappa shape index (κ3) is 3.84. The van der Waals surface area contributed by atoms with E-state index in [9.17, 15) is 4.79 Å². The number of benzene rings is 2. The largest absolute Gasteiger partial charge is 0.486 e. The van der Waals surface area contributed by atoms with Gasteiger partial charge in [0, 0.05) is 35.5 Å². The first-order valence-corrected chi connectivity index (χ1v) is 10.6. The van der Waals surface area contributed by atoms with Crippen LogP contribution in [0.2, 0.25) is 0 Å². The highest BCUT2D eigenvalue weighted by atomic mass is 35.5. The first-order valence-electron chi connectivity index (χ1n) is 10.0. The number of carbonyl (C=O) groups is 1. The summed E-state index contributed by atoms with van der Waals surface area (Å²) in [5.41, 5.74) is 3.94. The molecule has 7 heteroatoms. The molecule has 0 spiro atoms. The molecule has 0 saturated heterocycles. The van der Waals surface area contributed by atoms with E-state index in [-0.39, 0.29) is 12.0 Å². The number of rotatable bonds is 4. The van der Waals surface area contributed by atoms with Crippen molar-refractivity contribution in [3.8, 4) is 5.75 Å². The molecule has 0 fully saturated rings. The Balaban J connectivity index is 1.78. The molecule has 0 bridgehead atoms. The Bertz CT molecular complexity index is 1070. The molecule has 0 radical (unpaired) electrons. The Morgan fingerprint density at radius 1 is 1.30 bits per heavy atom. The van der Waals surface area contributed by atoms with E-state index in [4.69, 9.17) is 21.1 Å². The Kier molecular flexibility index (Phi) is 5.36. The van der Waals surface area contributed by atoms with Crippen molar-refractivity contribution in [2.75, 3.05) is 17.3 Å². The number of nitrogens with zero attached hydrogens (tertiary/aromatic N) is 2. The average molecular weight is 428 g/mol. The van der Waals surface area contributed by atoms with Gasteiger partial charge in [0.25, 0.3) is 0 Å². The van der Waals surface area contributed by atoms with Gasteiger partial charge in [-0.3, -0.25) is 10.00 Å². The number of ether oxygens (including phenoxy) is 2. The Labute approximate surface area is 181 Å². The predicted molar refractivity (Wildman–Crippen MR) is 119 cm³/mol. The second-order valence-electron chi connectivity index (χ2n) is 8.60. The van der Waals surface area contributed by atoms with Crippen molar-refractivity contribution in [2.45, 2.75) is 45.8 Å². The number of hydrogen-bond acceptors (Lipinski definition) is 4. The summed E-state index contributed by atoms with van der Waals surface area (Å²) < 4.78 is 11.8. The van der Waals surface area contributed by atoms with Crippen LogP contribution < -0.4 is 9.64 Å². The molecule has 158 valence electrons. The number of halogens is 1. The van der Waals surface area contributed by atoms with Crippen molar-refractivity contribution in [1.29, 1.82) is 0 Å². The standard InChI is InChI=1S/C23H26ClN3O3/c1-14-19-20-16(11-24)12-27(22(28)30-23(2,3)4)17(20)10-18(21(19)26-25-14)29-13-15-8-6-5-7-9-15/h5-10,16H,11-13H2,1-4H3,(H,25,26)/t16-/m1/s1. The summed E-state index contributed by atoms with van der Waals surface area (Å²) in [4.78, 5) is 14.6. The fourth-order valence-electron chi connectivity index (χ4n) is 3.84. The number of aromatic amines is 1. The number of H-pyrrole nitrogens is 1. The third-order valence-electron chi connectivity index (χ3n) is 5.13. The topological polar surface area (TPSA) is 67.5 Å². The molecule has 1 aliphatic rings. The molecule has 30 heavy (non-hydrogen) atoms. The lowest BCUT2D eigenvalue weighted by atomic mass is 9.97. The first-order chi connectivity index (χ1) is 14.3. The van der Waals surface area contributed by atoms with Crippen LogP contribution in [0.5, 0.6) is 5.75 Å². The molecule has 1 amide bonds. The van der Waals surface area contributed by atoms with Crippen LogP contribution in [0.4, 0.5) is 10.5 Å². The smallest absolute Gasteiger partial charge is 0.414 e. The lowest BCUT2D eigenvalue weighted by molar-refractivity contribution is 0.0582. The molecule has 0 saturated carbocycles. The fourth-order valence-corrected chi connectivity index (χ4v) is 4.10. The van der Waals surface area contributed by atoms with E-state index in [2.05, 4.69) is 10.2 Å². The monoisotopic (exact) mass is 427 g/mol. The summed E-state index contributed by atoms with van der Waals surface area (Å²) in [5, 5.41) is 8.51. The zero-order valence-corrected chi connectivity index (χ0v) is 18.4. The van der Waals surface area contributed by atoms with Crippen molar-refractivity contribution in [3.63, 3.8) is 0 Å². The Hall–Kier alpha value is -2.73. The van der Waals surface area contributed by atoms with Gasteiger partial charge in [0.1, 0.15) is 23.5 Å². The van der Waals surface area contributed by atoms with E-state index in [1.54, 1.807) is 4.90 Å². The maximum atomic E-state index is 12.9. The van der Waals surface area contributed by atoms with Crippen LogP contribution in [0.25, 0.3) is 10.9 Å². The molecule has 0 unspecified atom stereocenters. The van der Waals surface area contributed by atoms with Crippen LogP contribution in [0.15, 0.2) is 36.4 Å². The van der Waals surface area contributed by atoms with E-state index in [0.29, 0.717) is 24.8 Å². The number of amides is 1. The summed E-state index contributed by atoms with van der Waals surface area (Å²) in [6.45, 7) is 8.43. The van der Waals surface area contributed by atoms with Crippen LogP contribution in [0, 0.1) is 6.92 Å². The van der Waals surface area contributed by atoms with Crippen molar-refractivity contribution in [3.05, 3.63) is 53.2 Å². The Morgan fingerprint density at radius 2 is 2.03 bits per heavy atom. The van der Waals surface area contributed by atoms with E-state index < -0.39 is 5.60 Å². The fraction of sp³-hybridized carbons (Fsp3) is 0.391. The van der Waals surface area contributed by atoms with Gasteiger partial charge in [0.05, 0.1) is 5.69 Å². The predicted octanol–water partition coefficient (Wildman–Crippen LogP) is 5.53. The molecule has 3 aromatic rings. The molecule has 1 N–H and O–H groups in total. The molecular formula is C23H26ClN3O3. The van der Waals surface area contributed by atoms with Crippen LogP contribution in [0.1, 0.15) is 43.5 Å². The molecule has 1 aliphatic heterocycles. The zero-order valence-electron chi connectivity index (χ0n) is 17.7. The number of aryl methyl sites for hydroxylation is 1. The highest BCUT2D eigenvalue weighted by Gasteiger charge is 2.37. The second-order valence-corrected chi connectivity index (χ2v) is 8.90. The number of aromatic nitrogens is 2. The van der Waals surface area contributed by atoms with Gasteiger partial charge >= 0.3 is 6.09 Å². The summed E-state index contributed by atoms with van der Waals surface area (Å²) in [5.74, 6) is 1.02. The quantitative estimate of drug-likeness (QED) is 0.556. The number of fused-ring (bicyclic) bond motifs is 3. The number of nitrogens with one attached hydrogen (secondary N) is 1. The van der Waals surface area contributed by atoms with E-state index in [0.717, 1.165) is 33.4 Å². The van der Waals surface area contributed by atoms with E-state index >= 15 is 0 Å². The minimum Gasteiger partial charge on any atom is -0.486 e. The molecule has 0 aliphatic carbocycles. The van der Waals surface area contributed by atoms with Crippen LogP contribution in [-0.4, -0.2) is 34.3 Å². The van der Waals surface area contributed by atoms with Gasteiger partial charge in [0.2, 0.25) is 0 Å². The van der Waals surface area contributed by atoms with Crippen molar-refractivity contribution in [1.82, 2.24) is 10.2 Å². The Morgan fingerprint density at radius 3 is 2.70 bits per heavy atom. The van der Waals surface area contributed by atoms with Crippen LogP contribution >= 0.6 is 11.6 Å². The van der Waals surface area contributed by atoms with Crippen LogP contribution in [0.3, 0.4) is 0 Å². The van der Waals surface area contributed by atoms with Gasteiger partial charge in [-0.25, -0.2) is 4.79 Å². The van der Waals surface area contributed by atoms with Crippen molar-refractivity contribution < 1.29 is 14.3 Å². The number of alkyl halides is 1. The molecular weight excluding hydrogens is 402 g/mol. The normalized spacial score (nSPS) is 16.0. The number of anilines is 1. The maximum Gasteiger partial charge on any atom is 0.414 e. The highest BCUT2D eigenvalue weighted by Crippen LogP contribution is 2.46. The third-order valence-corrected chi connectivity index (χ3v) is 5.51. The zero-order chi connectivity index (χ0) is 21.5. The SMILES string of the molecule is Cc1[nH]nc2c(OCc3ccccc3)cc3c(c12)[C@H](CCl)CN3C(=O)OC(C)(C)C. The molecule has 4 rings (SSSR count). The summed E-state index contributed by atoms with van der Waals surface area (Å²) in [6.07, 6.45) is -0.383. The van der Waals surface area contributed by atoms with Crippen molar-refractivity contribution in [2.24, 2.45) is 0 Å². The highest BCUT2D eigenvalue weighted by molar-refractivity contribution is 6.19. The summed E-state index contributed by atoms with van der Waals surface area (Å²) >= 11 is 6.30. The molecule has 2 aromatic carbocycles. The van der Waals surface area contributed by atoms with E-state index in [1.165, 1.54) is 0 Å². The minimum absolute atomic E-state index is 0.00356. The van der Waals surface area contributed by atoms with Gasteiger partial charge in [0.15, 0.2) is 0 Å². The second kappa shape index (κ2) is 7.84. The van der Waals surface area contributed by atoms with Gasteiger partial charge in [-0.05, 0) is 38.8 Å². The lowest BCUT2D eigenvalue weighted by Gasteiger charge is -2.25. The lowest BCUT2D eigenvalue weighted by Crippen LogP contribution is -2.36. The average Bonchev–Trinajstić information content (AvgIpc) is 3.26. The minimum atomic E-state index is -0.585. The van der Waals surface area contributed by atoms with Gasteiger partial charge in [-0.2, -0.15) is 5.10 Å². The molecule has 2 heterocycles. The first kappa shape index (κ1) is 20.5. The number of hydrogen-bond donors (Lipinski definition) is 1. The summed E-state index contributed by atoms with van der Waals surface area (Å²) in [6, 6.07) is 11.8. The molecule has 6 nitrogen and oxygen atoms in total. The molecule has 1 aromatic heterocycles. The van der Waals surface area contributed by atoms with Gasteiger partial charge in [-0.15, -0.1) is 11.6 Å². The van der Waals surface area contributed by atoms with Gasteiger partial charge < -0.3 is 9.47 Å². The maximum absolute atomic E-state index is 12.9. The van der Waals surface area contributed by atoms with Gasteiger partial charge in [-0.1, -0.05) is 30.3 Å². The van der Waals surface area contributed by atoms with E-state index in [1.807, 2.05) is 64.1 Å². The number of carbonyl (C=O) groups excluding carboxylic acids is 1. The molecule has 1 atom stereocenters.